The molecule has 0 unspecified atom stereocenters. The number of likely N-dealkylation sites (tertiary alicyclic amines) is 1. The van der Waals surface area contributed by atoms with E-state index in [1.807, 2.05) is 6.07 Å². The second kappa shape index (κ2) is 7.36. The number of aromatic nitrogens is 1. The van der Waals surface area contributed by atoms with E-state index in [0.29, 0.717) is 11.5 Å². The smallest absolute Gasteiger partial charge is 0.339 e. The average molecular weight is 278 g/mol. The van der Waals surface area contributed by atoms with E-state index in [2.05, 4.69) is 14.6 Å². The summed E-state index contributed by atoms with van der Waals surface area (Å²) < 4.78 is 9.87. The third-order valence-corrected chi connectivity index (χ3v) is 3.74. The Morgan fingerprint density at radius 1 is 1.35 bits per heavy atom. The van der Waals surface area contributed by atoms with Gasteiger partial charge in [-0.2, -0.15) is 0 Å². The minimum Gasteiger partial charge on any atom is -0.465 e. The summed E-state index contributed by atoms with van der Waals surface area (Å²) in [4.78, 5) is 18.1. The van der Waals surface area contributed by atoms with Crippen molar-refractivity contribution in [3.05, 3.63) is 29.6 Å². The van der Waals surface area contributed by atoms with E-state index in [1.165, 1.54) is 20.0 Å². The van der Waals surface area contributed by atoms with Crippen molar-refractivity contribution in [3.63, 3.8) is 0 Å². The average Bonchev–Trinajstić information content (AvgIpc) is 2.49. The zero-order chi connectivity index (χ0) is 14.4. The predicted octanol–water partition coefficient (Wildman–Crippen LogP) is 1.73. The number of carbonyl (C=O) groups is 1. The van der Waals surface area contributed by atoms with Crippen LogP contribution < -0.4 is 0 Å². The van der Waals surface area contributed by atoms with Gasteiger partial charge in [0.15, 0.2) is 0 Å². The summed E-state index contributed by atoms with van der Waals surface area (Å²) in [6.45, 7) is 3.85. The first kappa shape index (κ1) is 14.9. The fourth-order valence-electron chi connectivity index (χ4n) is 2.53. The van der Waals surface area contributed by atoms with Crippen LogP contribution in [0.2, 0.25) is 0 Å². The molecule has 1 aliphatic heterocycles. The van der Waals surface area contributed by atoms with Crippen LogP contribution in [0.4, 0.5) is 0 Å². The van der Waals surface area contributed by atoms with Gasteiger partial charge in [-0.3, -0.25) is 9.88 Å². The Labute approximate surface area is 119 Å². The summed E-state index contributed by atoms with van der Waals surface area (Å²) >= 11 is 0. The van der Waals surface area contributed by atoms with Gasteiger partial charge < -0.3 is 9.47 Å². The molecule has 20 heavy (non-hydrogen) atoms. The first-order valence-electron chi connectivity index (χ1n) is 6.97. The normalized spacial score (nSPS) is 17.1. The largest absolute Gasteiger partial charge is 0.465 e. The number of pyridine rings is 1. The van der Waals surface area contributed by atoms with E-state index < -0.39 is 0 Å². The second-order valence-electron chi connectivity index (χ2n) is 5.20. The Morgan fingerprint density at radius 3 is 2.65 bits per heavy atom. The lowest BCUT2D eigenvalue weighted by Crippen LogP contribution is -2.34. The SMILES string of the molecule is COCC1CCN(Cc2ccc(C(=O)OC)cn2)CC1. The molecule has 1 aromatic rings. The van der Waals surface area contributed by atoms with Crippen LogP contribution in [0, 0.1) is 5.92 Å². The minimum atomic E-state index is -0.343. The Kier molecular flexibility index (Phi) is 5.49. The van der Waals surface area contributed by atoms with Crippen molar-refractivity contribution in [1.82, 2.24) is 9.88 Å². The van der Waals surface area contributed by atoms with Crippen molar-refractivity contribution in [2.24, 2.45) is 5.92 Å². The van der Waals surface area contributed by atoms with Crippen molar-refractivity contribution in [2.75, 3.05) is 33.9 Å². The van der Waals surface area contributed by atoms with Crippen LogP contribution in [0.1, 0.15) is 28.9 Å². The lowest BCUT2D eigenvalue weighted by molar-refractivity contribution is 0.0600. The molecule has 0 radical (unpaired) electrons. The summed E-state index contributed by atoms with van der Waals surface area (Å²) in [6.07, 6.45) is 3.93. The summed E-state index contributed by atoms with van der Waals surface area (Å²) in [7, 11) is 3.14. The van der Waals surface area contributed by atoms with Crippen LogP contribution in [-0.2, 0) is 16.0 Å². The molecule has 2 rings (SSSR count). The zero-order valence-corrected chi connectivity index (χ0v) is 12.2. The van der Waals surface area contributed by atoms with Crippen LogP contribution in [0.25, 0.3) is 0 Å². The monoisotopic (exact) mass is 278 g/mol. The maximum Gasteiger partial charge on any atom is 0.339 e. The molecule has 0 aromatic carbocycles. The van der Waals surface area contributed by atoms with E-state index in [9.17, 15) is 4.79 Å². The van der Waals surface area contributed by atoms with Gasteiger partial charge in [0.1, 0.15) is 0 Å². The Bertz CT molecular complexity index is 425. The van der Waals surface area contributed by atoms with Crippen molar-refractivity contribution in [1.29, 1.82) is 0 Å². The highest BCUT2D eigenvalue weighted by Crippen LogP contribution is 2.18. The van der Waals surface area contributed by atoms with E-state index in [0.717, 1.165) is 31.9 Å². The van der Waals surface area contributed by atoms with E-state index in [4.69, 9.17) is 4.74 Å². The lowest BCUT2D eigenvalue weighted by atomic mass is 9.98. The number of hydrogen-bond acceptors (Lipinski definition) is 5. The van der Waals surface area contributed by atoms with Crippen LogP contribution in [0.3, 0.4) is 0 Å². The van der Waals surface area contributed by atoms with Gasteiger partial charge in [-0.1, -0.05) is 0 Å². The topological polar surface area (TPSA) is 51.7 Å². The van der Waals surface area contributed by atoms with Crippen molar-refractivity contribution >= 4 is 5.97 Å². The maximum absolute atomic E-state index is 11.3. The molecule has 2 heterocycles. The first-order valence-corrected chi connectivity index (χ1v) is 6.97. The molecule has 1 aromatic heterocycles. The molecule has 0 spiro atoms. The highest BCUT2D eigenvalue weighted by atomic mass is 16.5. The number of esters is 1. The van der Waals surface area contributed by atoms with Crippen LogP contribution in [0.15, 0.2) is 18.3 Å². The third kappa shape index (κ3) is 4.02. The molecule has 0 N–H and O–H groups in total. The molecule has 1 aliphatic rings. The van der Waals surface area contributed by atoms with Gasteiger partial charge in [0.25, 0.3) is 0 Å². The maximum atomic E-state index is 11.3. The Balaban J connectivity index is 1.84. The number of ether oxygens (including phenoxy) is 2. The molecule has 0 saturated carbocycles. The summed E-state index contributed by atoms with van der Waals surface area (Å²) in [6, 6.07) is 3.67. The Morgan fingerprint density at radius 2 is 2.10 bits per heavy atom. The molecule has 5 nitrogen and oxygen atoms in total. The van der Waals surface area contributed by atoms with Gasteiger partial charge in [0.2, 0.25) is 0 Å². The van der Waals surface area contributed by atoms with Gasteiger partial charge in [-0.05, 0) is 44.0 Å². The molecule has 1 saturated heterocycles. The molecule has 0 atom stereocenters. The molecule has 0 amide bonds. The minimum absolute atomic E-state index is 0.343. The highest BCUT2D eigenvalue weighted by molar-refractivity contribution is 5.88. The molecule has 5 heteroatoms. The molecule has 0 aliphatic carbocycles. The van der Waals surface area contributed by atoms with Crippen molar-refractivity contribution in [2.45, 2.75) is 19.4 Å². The van der Waals surface area contributed by atoms with E-state index in [-0.39, 0.29) is 5.97 Å². The van der Waals surface area contributed by atoms with Crippen LogP contribution in [-0.4, -0.2) is 49.8 Å². The molecular weight excluding hydrogens is 256 g/mol. The van der Waals surface area contributed by atoms with Gasteiger partial charge >= 0.3 is 5.97 Å². The third-order valence-electron chi connectivity index (χ3n) is 3.74. The number of piperidine rings is 1. The van der Waals surface area contributed by atoms with Gasteiger partial charge in [0.05, 0.1) is 18.4 Å². The van der Waals surface area contributed by atoms with Crippen molar-refractivity contribution < 1.29 is 14.3 Å². The Hall–Kier alpha value is -1.46. The van der Waals surface area contributed by atoms with Gasteiger partial charge in [-0.15, -0.1) is 0 Å². The molecular formula is C15H22N2O3. The van der Waals surface area contributed by atoms with Crippen molar-refractivity contribution in [3.8, 4) is 0 Å². The van der Waals surface area contributed by atoms with E-state index >= 15 is 0 Å². The second-order valence-corrected chi connectivity index (χ2v) is 5.20. The highest BCUT2D eigenvalue weighted by Gasteiger charge is 2.19. The number of methoxy groups -OCH3 is 2. The van der Waals surface area contributed by atoms with E-state index in [1.54, 1.807) is 19.4 Å². The number of carbonyl (C=O) groups excluding carboxylic acids is 1. The van der Waals surface area contributed by atoms with Crippen LogP contribution in [0.5, 0.6) is 0 Å². The molecule has 1 fully saturated rings. The number of rotatable bonds is 5. The fraction of sp³-hybridized carbons (Fsp3) is 0.600. The summed E-state index contributed by atoms with van der Waals surface area (Å²) in [5.41, 5.74) is 1.48. The summed E-state index contributed by atoms with van der Waals surface area (Å²) in [5, 5.41) is 0. The predicted molar refractivity (Wildman–Crippen MR) is 75.5 cm³/mol. The molecule has 0 bridgehead atoms. The zero-order valence-electron chi connectivity index (χ0n) is 12.2. The van der Waals surface area contributed by atoms with Gasteiger partial charge in [-0.25, -0.2) is 4.79 Å². The quantitative estimate of drug-likeness (QED) is 0.768. The lowest BCUT2D eigenvalue weighted by Gasteiger charge is -2.31. The van der Waals surface area contributed by atoms with Crippen LogP contribution >= 0.6 is 0 Å². The number of nitrogens with zero attached hydrogens (tertiary/aromatic N) is 2. The fourth-order valence-corrected chi connectivity index (χ4v) is 2.53. The standard InChI is InChI=1S/C15H22N2O3/c1-19-11-12-5-7-17(8-6-12)10-14-4-3-13(9-16-14)15(18)20-2/h3-4,9,12H,5-8,10-11H2,1-2H3. The summed E-state index contributed by atoms with van der Waals surface area (Å²) in [5.74, 6) is 0.343. The van der Waals surface area contributed by atoms with Gasteiger partial charge in [0, 0.05) is 26.5 Å². The molecule has 110 valence electrons. The first-order chi connectivity index (χ1) is 9.72. The number of hydrogen-bond donors (Lipinski definition) is 0.